The van der Waals surface area contributed by atoms with Crippen molar-refractivity contribution in [2.45, 2.75) is 39.2 Å². The Labute approximate surface area is 170 Å². The molecule has 6 nitrogen and oxygen atoms in total. The molecule has 3 N–H and O–H groups in total. The molecule has 0 spiro atoms. The van der Waals surface area contributed by atoms with Gasteiger partial charge in [0.05, 0.1) is 22.3 Å². The van der Waals surface area contributed by atoms with Crippen LogP contribution in [0.3, 0.4) is 0 Å². The van der Waals surface area contributed by atoms with Crippen LogP contribution in [0.1, 0.15) is 40.9 Å². The quantitative estimate of drug-likeness (QED) is 0.694. The van der Waals surface area contributed by atoms with Crippen LogP contribution in [0.15, 0.2) is 34.9 Å². The Hall–Kier alpha value is -2.44. The van der Waals surface area contributed by atoms with Gasteiger partial charge in [0.2, 0.25) is 0 Å². The Morgan fingerprint density at radius 2 is 2.00 bits per heavy atom. The number of fused-ring (bicyclic) bond motifs is 1. The molecule has 0 radical (unpaired) electrons. The van der Waals surface area contributed by atoms with Gasteiger partial charge in [0.1, 0.15) is 0 Å². The first-order chi connectivity index (χ1) is 13.1. The van der Waals surface area contributed by atoms with Crippen LogP contribution in [0.4, 0.5) is 0 Å². The molecule has 1 aliphatic carbocycles. The Balaban J connectivity index is 0.00000225. The number of amides is 1. The summed E-state index contributed by atoms with van der Waals surface area (Å²) < 4.78 is 5.38. The molecule has 0 saturated heterocycles. The zero-order chi connectivity index (χ0) is 19.0. The molecule has 7 heteroatoms. The van der Waals surface area contributed by atoms with Gasteiger partial charge in [-0.1, -0.05) is 41.4 Å². The number of benzene rings is 1. The van der Waals surface area contributed by atoms with Crippen molar-refractivity contribution in [2.75, 3.05) is 6.54 Å². The maximum atomic E-state index is 13.1. The lowest BCUT2D eigenvalue weighted by molar-refractivity contribution is 0.0930. The number of aromatic nitrogens is 2. The van der Waals surface area contributed by atoms with E-state index in [0.29, 0.717) is 40.5 Å². The Morgan fingerprint density at radius 1 is 1.25 bits per heavy atom. The van der Waals surface area contributed by atoms with E-state index in [9.17, 15) is 4.79 Å². The first kappa shape index (κ1) is 20.3. The predicted molar refractivity (Wildman–Crippen MR) is 112 cm³/mol. The average molecular weight is 401 g/mol. The average Bonchev–Trinajstić information content (AvgIpc) is 3.28. The van der Waals surface area contributed by atoms with E-state index >= 15 is 0 Å². The number of nitrogens with zero attached hydrogens (tertiary/aromatic N) is 2. The van der Waals surface area contributed by atoms with Crippen molar-refractivity contribution in [1.82, 2.24) is 15.5 Å². The SMILES string of the molecule is Cc1ccc(-c2cc(C(=O)NC3CCCC3CN)c3c(C)noc3n2)cc1.Cl. The van der Waals surface area contributed by atoms with Crippen molar-refractivity contribution in [3.05, 3.63) is 47.2 Å². The molecule has 148 valence electrons. The number of nitrogens with one attached hydrogen (secondary N) is 1. The third-order valence-corrected chi connectivity index (χ3v) is 5.49. The first-order valence-corrected chi connectivity index (χ1v) is 9.42. The van der Waals surface area contributed by atoms with Crippen molar-refractivity contribution in [3.63, 3.8) is 0 Å². The first-order valence-electron chi connectivity index (χ1n) is 9.42. The molecule has 1 amide bonds. The van der Waals surface area contributed by atoms with Crippen LogP contribution in [0.5, 0.6) is 0 Å². The number of carbonyl (C=O) groups is 1. The molecule has 1 saturated carbocycles. The summed E-state index contributed by atoms with van der Waals surface area (Å²) in [6.07, 6.45) is 3.13. The largest absolute Gasteiger partial charge is 0.349 e. The van der Waals surface area contributed by atoms with Gasteiger partial charge in [0, 0.05) is 11.6 Å². The van der Waals surface area contributed by atoms with Crippen LogP contribution in [0.2, 0.25) is 0 Å². The van der Waals surface area contributed by atoms with Gasteiger partial charge in [-0.25, -0.2) is 4.98 Å². The summed E-state index contributed by atoms with van der Waals surface area (Å²) in [5, 5.41) is 7.86. The summed E-state index contributed by atoms with van der Waals surface area (Å²) in [7, 11) is 0. The number of rotatable bonds is 4. The summed E-state index contributed by atoms with van der Waals surface area (Å²) in [5.41, 5.74) is 10.3. The molecule has 28 heavy (non-hydrogen) atoms. The monoisotopic (exact) mass is 400 g/mol. The van der Waals surface area contributed by atoms with E-state index in [4.69, 9.17) is 10.3 Å². The van der Waals surface area contributed by atoms with Crippen LogP contribution in [-0.4, -0.2) is 28.6 Å². The van der Waals surface area contributed by atoms with E-state index in [1.165, 1.54) is 5.56 Å². The minimum absolute atomic E-state index is 0. The van der Waals surface area contributed by atoms with Crippen molar-refractivity contribution >= 4 is 29.4 Å². The Kier molecular flexibility index (Phi) is 6.01. The predicted octanol–water partition coefficient (Wildman–Crippen LogP) is 3.79. The number of pyridine rings is 1. The molecule has 1 fully saturated rings. The highest BCUT2D eigenvalue weighted by Gasteiger charge is 2.29. The van der Waals surface area contributed by atoms with Crippen molar-refractivity contribution < 1.29 is 9.32 Å². The van der Waals surface area contributed by atoms with E-state index in [1.54, 1.807) is 0 Å². The molecule has 2 aromatic heterocycles. The van der Waals surface area contributed by atoms with Gasteiger partial charge in [0.15, 0.2) is 0 Å². The molecule has 3 aromatic rings. The van der Waals surface area contributed by atoms with Gasteiger partial charge in [0.25, 0.3) is 11.6 Å². The third-order valence-electron chi connectivity index (χ3n) is 5.49. The van der Waals surface area contributed by atoms with E-state index < -0.39 is 0 Å². The van der Waals surface area contributed by atoms with Crippen LogP contribution in [0.25, 0.3) is 22.4 Å². The van der Waals surface area contributed by atoms with E-state index in [0.717, 1.165) is 24.8 Å². The number of nitrogens with two attached hydrogens (primary N) is 1. The minimum Gasteiger partial charge on any atom is -0.349 e. The number of hydrogen-bond donors (Lipinski definition) is 2. The molecule has 0 aliphatic heterocycles. The van der Waals surface area contributed by atoms with Crippen LogP contribution < -0.4 is 11.1 Å². The number of carbonyl (C=O) groups excluding carboxylic acids is 1. The van der Waals surface area contributed by atoms with Crippen molar-refractivity contribution in [3.8, 4) is 11.3 Å². The maximum absolute atomic E-state index is 13.1. The highest BCUT2D eigenvalue weighted by Crippen LogP contribution is 2.29. The standard InChI is InChI=1S/C21H24N4O2.ClH/c1-12-6-8-14(9-7-12)18-10-16(19-13(2)25-27-21(19)24-18)20(26)23-17-5-3-4-15(17)11-22;/h6-10,15,17H,3-5,11,22H2,1-2H3,(H,23,26);1H. The molecular formula is C21H25ClN4O2. The fraction of sp³-hybridized carbons (Fsp3) is 0.381. The van der Waals surface area contributed by atoms with Gasteiger partial charge in [-0.15, -0.1) is 12.4 Å². The normalized spacial score (nSPS) is 18.8. The molecule has 0 bridgehead atoms. The molecule has 1 aromatic carbocycles. The lowest BCUT2D eigenvalue weighted by Crippen LogP contribution is -2.40. The van der Waals surface area contributed by atoms with E-state index in [1.807, 2.05) is 44.2 Å². The van der Waals surface area contributed by atoms with Gasteiger partial charge in [-0.2, -0.15) is 0 Å². The Morgan fingerprint density at radius 3 is 2.71 bits per heavy atom. The number of hydrogen-bond acceptors (Lipinski definition) is 5. The molecule has 2 unspecified atom stereocenters. The summed E-state index contributed by atoms with van der Waals surface area (Å²) >= 11 is 0. The summed E-state index contributed by atoms with van der Waals surface area (Å²) in [6.45, 7) is 4.46. The maximum Gasteiger partial charge on any atom is 0.259 e. The summed E-state index contributed by atoms with van der Waals surface area (Å²) in [5.74, 6) is 0.221. The van der Waals surface area contributed by atoms with Crippen LogP contribution in [-0.2, 0) is 0 Å². The second-order valence-electron chi connectivity index (χ2n) is 7.38. The molecule has 2 heterocycles. The minimum atomic E-state index is -0.118. The summed E-state index contributed by atoms with van der Waals surface area (Å²) in [4.78, 5) is 17.7. The lowest BCUT2D eigenvalue weighted by atomic mass is 10.0. The fourth-order valence-electron chi connectivity index (χ4n) is 3.90. The van der Waals surface area contributed by atoms with Crippen molar-refractivity contribution in [1.29, 1.82) is 0 Å². The van der Waals surface area contributed by atoms with Crippen LogP contribution >= 0.6 is 12.4 Å². The van der Waals surface area contributed by atoms with Gasteiger partial charge < -0.3 is 15.6 Å². The van der Waals surface area contributed by atoms with Crippen LogP contribution in [0, 0.1) is 19.8 Å². The topological polar surface area (TPSA) is 94.0 Å². The zero-order valence-corrected chi connectivity index (χ0v) is 16.9. The van der Waals surface area contributed by atoms with Gasteiger partial charge in [-0.3, -0.25) is 4.79 Å². The van der Waals surface area contributed by atoms with Crippen molar-refractivity contribution in [2.24, 2.45) is 11.7 Å². The number of aryl methyl sites for hydroxylation is 2. The molecule has 2 atom stereocenters. The highest BCUT2D eigenvalue weighted by atomic mass is 35.5. The summed E-state index contributed by atoms with van der Waals surface area (Å²) in [6, 6.07) is 9.99. The smallest absolute Gasteiger partial charge is 0.259 e. The van der Waals surface area contributed by atoms with Gasteiger partial charge >= 0.3 is 0 Å². The molecule has 1 aliphatic rings. The fourth-order valence-corrected chi connectivity index (χ4v) is 3.90. The molecule has 4 rings (SSSR count). The molecular weight excluding hydrogens is 376 g/mol. The zero-order valence-electron chi connectivity index (χ0n) is 16.1. The highest BCUT2D eigenvalue weighted by molar-refractivity contribution is 6.07. The lowest BCUT2D eigenvalue weighted by Gasteiger charge is -2.19. The second-order valence-corrected chi connectivity index (χ2v) is 7.38. The number of halogens is 1. The Bertz CT molecular complexity index is 984. The van der Waals surface area contributed by atoms with E-state index in [-0.39, 0.29) is 24.4 Å². The third kappa shape index (κ3) is 3.75. The van der Waals surface area contributed by atoms with E-state index in [2.05, 4.69) is 15.5 Å². The van der Waals surface area contributed by atoms with Gasteiger partial charge in [-0.05, 0) is 45.2 Å². The second kappa shape index (κ2) is 8.29.